The van der Waals surface area contributed by atoms with Gasteiger partial charge >= 0.3 is 79.9 Å². The molecule has 0 bridgehead atoms. The zero-order valence-electron chi connectivity index (χ0n) is 8.55. The van der Waals surface area contributed by atoms with Crippen molar-refractivity contribution in [3.63, 3.8) is 0 Å². The van der Waals surface area contributed by atoms with Crippen LogP contribution < -0.4 is 0 Å². The molecule has 0 atom stereocenters. The van der Waals surface area contributed by atoms with Gasteiger partial charge in [0.05, 0.1) is 0 Å². The van der Waals surface area contributed by atoms with Crippen LogP contribution in [0.1, 0.15) is 27.7 Å². The average Bonchev–Trinajstić information content (AvgIpc) is 2.06. The Kier molecular flexibility index (Phi) is 7.39. The van der Waals surface area contributed by atoms with Crippen LogP contribution in [0, 0.1) is 0 Å². The Balaban J connectivity index is 4.06. The minimum absolute atomic E-state index is 0.688. The molecule has 0 N–H and O–H groups in total. The molecule has 0 radical (unpaired) electrons. The van der Waals surface area contributed by atoms with Gasteiger partial charge in [-0.05, 0) is 0 Å². The molecule has 0 aromatic rings. The molecule has 0 rings (SSSR count). The zero-order valence-corrected chi connectivity index (χ0v) is 10.1. The van der Waals surface area contributed by atoms with Crippen molar-refractivity contribution in [2.75, 3.05) is 19.8 Å². The van der Waals surface area contributed by atoms with E-state index in [1.165, 1.54) is 0 Å². The molecule has 12 heavy (non-hydrogen) atoms. The van der Waals surface area contributed by atoms with Gasteiger partial charge in [0, 0.05) is 0 Å². The summed E-state index contributed by atoms with van der Waals surface area (Å²) in [6.45, 7) is 10.1. The van der Waals surface area contributed by atoms with E-state index >= 15 is 0 Å². The summed E-state index contributed by atoms with van der Waals surface area (Å²) in [5.74, 6) is 0. The predicted molar refractivity (Wildman–Crippen MR) is 45.4 cm³/mol. The van der Waals surface area contributed by atoms with E-state index in [2.05, 4.69) is 6.92 Å². The summed E-state index contributed by atoms with van der Waals surface area (Å²) in [5, 5.41) is 0. The molecular weight excluding hydrogens is 192 g/mol. The van der Waals surface area contributed by atoms with Gasteiger partial charge in [-0.15, -0.1) is 0 Å². The molecule has 0 aliphatic rings. The second kappa shape index (κ2) is 7.04. The van der Waals surface area contributed by atoms with Crippen molar-refractivity contribution in [2.45, 2.75) is 32.4 Å². The van der Waals surface area contributed by atoms with Crippen LogP contribution in [-0.4, -0.2) is 19.8 Å². The third kappa shape index (κ3) is 4.01. The Morgan fingerprint density at radius 2 is 1.08 bits per heavy atom. The Morgan fingerprint density at radius 1 is 0.750 bits per heavy atom. The van der Waals surface area contributed by atoms with E-state index < -0.39 is 17.8 Å². The fourth-order valence-electron chi connectivity index (χ4n) is 1.09. The summed E-state index contributed by atoms with van der Waals surface area (Å²) in [5.41, 5.74) is 0. The molecule has 0 unspecified atom stereocenters. The second-order valence-electron chi connectivity index (χ2n) is 2.34. The predicted octanol–water partition coefficient (Wildman–Crippen LogP) is 2.43. The minimum atomic E-state index is -2.78. The summed E-state index contributed by atoms with van der Waals surface area (Å²) >= 11 is -2.78. The molecule has 0 aliphatic carbocycles. The molecule has 4 heteroatoms. The summed E-state index contributed by atoms with van der Waals surface area (Å²) in [7, 11) is 0. The van der Waals surface area contributed by atoms with Crippen molar-refractivity contribution >= 4 is 0 Å². The molecule has 0 aliphatic heterocycles. The van der Waals surface area contributed by atoms with Crippen LogP contribution in [0.15, 0.2) is 0 Å². The summed E-state index contributed by atoms with van der Waals surface area (Å²) in [6.07, 6.45) is 0. The van der Waals surface area contributed by atoms with Gasteiger partial charge in [0.15, 0.2) is 0 Å². The van der Waals surface area contributed by atoms with E-state index in [1.807, 2.05) is 20.8 Å². The Hall–Kier alpha value is 0.594. The second-order valence-corrected chi connectivity index (χ2v) is 6.93. The first-order valence-corrected chi connectivity index (χ1v) is 7.68. The number of hydrogen-bond donors (Lipinski definition) is 0. The van der Waals surface area contributed by atoms with E-state index in [1.54, 1.807) is 0 Å². The topological polar surface area (TPSA) is 27.7 Å². The van der Waals surface area contributed by atoms with Crippen LogP contribution in [0.3, 0.4) is 0 Å². The van der Waals surface area contributed by atoms with Gasteiger partial charge in [-0.3, -0.25) is 0 Å². The number of hydrogen-bond acceptors (Lipinski definition) is 3. The fraction of sp³-hybridized carbons (Fsp3) is 1.00. The monoisotopic (exact) mass is 212 g/mol. The molecule has 3 nitrogen and oxygen atoms in total. The standard InChI is InChI=1S/3C2H5O.C2H5.Ti/c3*1-2-3;1-2;/h3*2H2,1H3;1H2,2H3;/q3*-1;;+3. The molecular formula is C8H20O3Ti. The fourth-order valence-corrected chi connectivity index (χ4v) is 4.50. The normalized spacial score (nSPS) is 12.0. The molecule has 0 aromatic carbocycles. The quantitative estimate of drug-likeness (QED) is 0.606. The first-order valence-electron chi connectivity index (χ1n) is 4.66. The van der Waals surface area contributed by atoms with Crippen molar-refractivity contribution in [2.24, 2.45) is 0 Å². The Labute approximate surface area is 80.2 Å². The molecule has 0 spiro atoms. The summed E-state index contributed by atoms with van der Waals surface area (Å²) in [6, 6.07) is 0. The van der Waals surface area contributed by atoms with Crippen molar-refractivity contribution in [3.05, 3.63) is 0 Å². The van der Waals surface area contributed by atoms with Gasteiger partial charge in [0.25, 0.3) is 0 Å². The van der Waals surface area contributed by atoms with Gasteiger partial charge in [-0.25, -0.2) is 0 Å². The van der Waals surface area contributed by atoms with Crippen LogP contribution in [-0.2, 0) is 27.7 Å². The molecule has 0 fully saturated rings. The van der Waals surface area contributed by atoms with E-state index in [0.717, 1.165) is 4.73 Å². The van der Waals surface area contributed by atoms with Gasteiger partial charge in [0.2, 0.25) is 0 Å². The Morgan fingerprint density at radius 3 is 1.25 bits per heavy atom. The van der Waals surface area contributed by atoms with Gasteiger partial charge in [-0.2, -0.15) is 0 Å². The first kappa shape index (κ1) is 12.6. The van der Waals surface area contributed by atoms with E-state index in [4.69, 9.17) is 9.96 Å². The van der Waals surface area contributed by atoms with E-state index in [-0.39, 0.29) is 0 Å². The van der Waals surface area contributed by atoms with Crippen molar-refractivity contribution in [1.29, 1.82) is 0 Å². The van der Waals surface area contributed by atoms with Gasteiger partial charge in [-0.1, -0.05) is 0 Å². The average molecular weight is 212 g/mol. The Bertz CT molecular complexity index is 91.5. The molecule has 74 valence electrons. The van der Waals surface area contributed by atoms with Crippen molar-refractivity contribution in [1.82, 2.24) is 0 Å². The van der Waals surface area contributed by atoms with E-state index in [0.29, 0.717) is 19.8 Å². The molecule has 0 amide bonds. The zero-order chi connectivity index (χ0) is 9.45. The van der Waals surface area contributed by atoms with Crippen molar-refractivity contribution in [3.8, 4) is 0 Å². The summed E-state index contributed by atoms with van der Waals surface area (Å²) < 4.78 is 17.7. The maximum atomic E-state index is 5.60. The maximum absolute atomic E-state index is 5.60. The molecule has 0 saturated carbocycles. The van der Waals surface area contributed by atoms with Crippen LogP contribution in [0.5, 0.6) is 0 Å². The third-order valence-corrected chi connectivity index (χ3v) is 6.29. The molecule has 0 saturated heterocycles. The van der Waals surface area contributed by atoms with Crippen LogP contribution >= 0.6 is 0 Å². The third-order valence-electron chi connectivity index (χ3n) is 1.53. The van der Waals surface area contributed by atoms with Crippen LogP contribution in [0.25, 0.3) is 0 Å². The van der Waals surface area contributed by atoms with E-state index in [9.17, 15) is 0 Å². The number of rotatable bonds is 7. The summed E-state index contributed by atoms with van der Waals surface area (Å²) in [4.78, 5) is 0. The first-order chi connectivity index (χ1) is 5.74. The van der Waals surface area contributed by atoms with Crippen molar-refractivity contribution < 1.29 is 27.7 Å². The molecule has 0 heterocycles. The van der Waals surface area contributed by atoms with Crippen LogP contribution in [0.2, 0.25) is 4.73 Å². The SMILES string of the molecule is CC[O][Ti]([CH2]C)([O]CC)[O]CC. The van der Waals surface area contributed by atoms with Gasteiger partial charge in [0.1, 0.15) is 0 Å². The van der Waals surface area contributed by atoms with Gasteiger partial charge < -0.3 is 0 Å². The molecule has 0 aromatic heterocycles. The van der Waals surface area contributed by atoms with Crippen LogP contribution in [0.4, 0.5) is 0 Å².